The third kappa shape index (κ3) is 4.54. The van der Waals surface area contributed by atoms with E-state index in [9.17, 15) is 4.79 Å². The van der Waals surface area contributed by atoms with Crippen LogP contribution < -0.4 is 0 Å². The van der Waals surface area contributed by atoms with Gasteiger partial charge in [-0.25, -0.2) is 0 Å². The molecule has 0 saturated carbocycles. The van der Waals surface area contributed by atoms with Crippen molar-refractivity contribution in [1.82, 2.24) is 14.7 Å². The van der Waals surface area contributed by atoms with Crippen molar-refractivity contribution >= 4 is 5.91 Å². The number of carbonyl (C=O) groups excluding carboxylic acids is 1. The molecule has 26 heavy (non-hydrogen) atoms. The standard InChI is InChI=1S/C22H31N3O/c1-17-15-18(2)25(23-17)19(3)16-22(26)24-14-8-7-11-21(24)13-12-20-9-5-4-6-10-20/h4-6,9-10,15,19,21H,7-8,11-14,16H2,1-3H3. The van der Waals surface area contributed by atoms with Crippen LogP contribution in [0.15, 0.2) is 36.4 Å². The molecule has 1 aliphatic heterocycles. The molecule has 1 saturated heterocycles. The molecule has 1 aliphatic rings. The maximum absolute atomic E-state index is 13.0. The maximum atomic E-state index is 13.0. The quantitative estimate of drug-likeness (QED) is 0.769. The highest BCUT2D eigenvalue weighted by atomic mass is 16.2. The number of rotatable bonds is 6. The normalized spacial score (nSPS) is 18.7. The Balaban J connectivity index is 1.61. The number of aromatic nitrogens is 2. The first-order valence-corrected chi connectivity index (χ1v) is 9.90. The van der Waals surface area contributed by atoms with Gasteiger partial charge in [0, 0.05) is 24.7 Å². The minimum absolute atomic E-state index is 0.105. The van der Waals surface area contributed by atoms with Crippen LogP contribution in [-0.2, 0) is 11.2 Å². The number of hydrogen-bond acceptors (Lipinski definition) is 2. The van der Waals surface area contributed by atoms with Crippen LogP contribution in [0.25, 0.3) is 0 Å². The summed E-state index contributed by atoms with van der Waals surface area (Å²) in [4.78, 5) is 15.2. The SMILES string of the molecule is Cc1cc(C)n(C(C)CC(=O)N2CCCCC2CCc2ccccc2)n1. The molecule has 0 aliphatic carbocycles. The van der Waals surface area contributed by atoms with Gasteiger partial charge in [-0.2, -0.15) is 5.10 Å². The summed E-state index contributed by atoms with van der Waals surface area (Å²) in [5, 5.41) is 4.55. The van der Waals surface area contributed by atoms with Gasteiger partial charge in [0.15, 0.2) is 0 Å². The Bertz CT molecular complexity index is 722. The van der Waals surface area contributed by atoms with Crippen LogP contribution in [-0.4, -0.2) is 33.2 Å². The lowest BCUT2D eigenvalue weighted by atomic mass is 9.95. The van der Waals surface area contributed by atoms with Gasteiger partial charge < -0.3 is 4.90 Å². The molecule has 2 aromatic rings. The maximum Gasteiger partial charge on any atom is 0.224 e. The van der Waals surface area contributed by atoms with E-state index in [1.54, 1.807) is 0 Å². The number of amides is 1. The van der Waals surface area contributed by atoms with E-state index in [4.69, 9.17) is 0 Å². The van der Waals surface area contributed by atoms with Gasteiger partial charge in [-0.05, 0) is 64.5 Å². The number of aryl methyl sites for hydroxylation is 3. The number of piperidine rings is 1. The zero-order valence-corrected chi connectivity index (χ0v) is 16.3. The fourth-order valence-corrected chi connectivity index (χ4v) is 4.16. The van der Waals surface area contributed by atoms with Gasteiger partial charge in [0.25, 0.3) is 0 Å². The van der Waals surface area contributed by atoms with Gasteiger partial charge in [-0.3, -0.25) is 9.48 Å². The molecule has 1 fully saturated rings. The van der Waals surface area contributed by atoms with Gasteiger partial charge >= 0.3 is 0 Å². The van der Waals surface area contributed by atoms with Crippen molar-refractivity contribution in [2.45, 2.75) is 71.4 Å². The summed E-state index contributed by atoms with van der Waals surface area (Å²) in [7, 11) is 0. The fourth-order valence-electron chi connectivity index (χ4n) is 4.16. The van der Waals surface area contributed by atoms with Crippen LogP contribution in [0.4, 0.5) is 0 Å². The van der Waals surface area contributed by atoms with Crippen molar-refractivity contribution in [3.8, 4) is 0 Å². The molecule has 4 nitrogen and oxygen atoms in total. The second kappa shape index (κ2) is 8.52. The predicted molar refractivity (Wildman–Crippen MR) is 105 cm³/mol. The average Bonchev–Trinajstić information content (AvgIpc) is 2.99. The van der Waals surface area contributed by atoms with Crippen molar-refractivity contribution in [3.05, 3.63) is 53.3 Å². The Morgan fingerprint density at radius 2 is 2.00 bits per heavy atom. The average molecular weight is 354 g/mol. The summed E-state index contributed by atoms with van der Waals surface area (Å²) >= 11 is 0. The number of nitrogens with zero attached hydrogens (tertiary/aromatic N) is 3. The van der Waals surface area contributed by atoms with Crippen molar-refractivity contribution < 1.29 is 4.79 Å². The third-order valence-corrected chi connectivity index (χ3v) is 5.49. The highest BCUT2D eigenvalue weighted by Gasteiger charge is 2.27. The number of benzene rings is 1. The van der Waals surface area contributed by atoms with Crippen LogP contribution in [0.1, 0.15) is 62.0 Å². The van der Waals surface area contributed by atoms with Crippen LogP contribution in [0.3, 0.4) is 0 Å². The van der Waals surface area contributed by atoms with Gasteiger partial charge in [0.1, 0.15) is 0 Å². The van der Waals surface area contributed by atoms with Crippen LogP contribution in [0, 0.1) is 13.8 Å². The monoisotopic (exact) mass is 353 g/mol. The van der Waals surface area contributed by atoms with Crippen molar-refractivity contribution in [1.29, 1.82) is 0 Å². The van der Waals surface area contributed by atoms with E-state index in [2.05, 4.69) is 60.2 Å². The molecule has 2 unspecified atom stereocenters. The molecular formula is C22H31N3O. The first kappa shape index (κ1) is 18.7. The van der Waals surface area contributed by atoms with Gasteiger partial charge in [-0.1, -0.05) is 30.3 Å². The van der Waals surface area contributed by atoms with Gasteiger partial charge in [0.2, 0.25) is 5.91 Å². The zero-order valence-electron chi connectivity index (χ0n) is 16.3. The lowest BCUT2D eigenvalue weighted by Gasteiger charge is -2.36. The largest absolute Gasteiger partial charge is 0.340 e. The van der Waals surface area contributed by atoms with Crippen molar-refractivity contribution in [2.24, 2.45) is 0 Å². The Labute approximate surface area is 157 Å². The zero-order chi connectivity index (χ0) is 18.5. The van der Waals surface area contributed by atoms with E-state index >= 15 is 0 Å². The highest BCUT2D eigenvalue weighted by Crippen LogP contribution is 2.24. The summed E-state index contributed by atoms with van der Waals surface area (Å²) in [6, 6.07) is 13.2. The molecule has 0 radical (unpaired) electrons. The molecule has 4 heteroatoms. The Hall–Kier alpha value is -2.10. The van der Waals surface area contributed by atoms with Crippen molar-refractivity contribution in [2.75, 3.05) is 6.54 Å². The number of carbonyl (C=O) groups is 1. The molecule has 140 valence electrons. The first-order valence-electron chi connectivity index (χ1n) is 9.90. The summed E-state index contributed by atoms with van der Waals surface area (Å²) in [6.07, 6.45) is 6.13. The molecule has 0 bridgehead atoms. The summed E-state index contributed by atoms with van der Waals surface area (Å²) < 4.78 is 2.00. The molecular weight excluding hydrogens is 322 g/mol. The Morgan fingerprint density at radius 1 is 1.23 bits per heavy atom. The molecule has 1 aromatic carbocycles. The molecule has 1 aromatic heterocycles. The fraction of sp³-hybridized carbons (Fsp3) is 0.545. The summed E-state index contributed by atoms with van der Waals surface area (Å²) in [5.41, 5.74) is 3.50. The molecule has 2 heterocycles. The molecule has 3 rings (SSSR count). The van der Waals surface area contributed by atoms with Crippen LogP contribution in [0.5, 0.6) is 0 Å². The summed E-state index contributed by atoms with van der Waals surface area (Å²) in [5.74, 6) is 0.280. The minimum Gasteiger partial charge on any atom is -0.340 e. The Morgan fingerprint density at radius 3 is 2.69 bits per heavy atom. The number of hydrogen-bond donors (Lipinski definition) is 0. The van der Waals surface area contributed by atoms with E-state index in [0.29, 0.717) is 12.5 Å². The highest BCUT2D eigenvalue weighted by molar-refractivity contribution is 5.77. The Kier molecular flexibility index (Phi) is 6.12. The molecule has 1 amide bonds. The third-order valence-electron chi connectivity index (χ3n) is 5.49. The van der Waals surface area contributed by atoms with Crippen molar-refractivity contribution in [3.63, 3.8) is 0 Å². The minimum atomic E-state index is 0.105. The van der Waals surface area contributed by atoms with E-state index in [0.717, 1.165) is 43.6 Å². The first-order chi connectivity index (χ1) is 12.5. The van der Waals surface area contributed by atoms with E-state index in [1.807, 2.05) is 11.6 Å². The predicted octanol–water partition coefficient (Wildman–Crippen LogP) is 4.46. The lowest BCUT2D eigenvalue weighted by Crippen LogP contribution is -2.44. The molecule has 0 spiro atoms. The van der Waals surface area contributed by atoms with E-state index in [-0.39, 0.29) is 11.9 Å². The molecule has 0 N–H and O–H groups in total. The topological polar surface area (TPSA) is 38.1 Å². The number of likely N-dealkylation sites (tertiary alicyclic amines) is 1. The van der Waals surface area contributed by atoms with Crippen LogP contribution in [0.2, 0.25) is 0 Å². The second-order valence-electron chi connectivity index (χ2n) is 7.69. The molecule has 2 atom stereocenters. The second-order valence-corrected chi connectivity index (χ2v) is 7.69. The van der Waals surface area contributed by atoms with Gasteiger partial charge in [0.05, 0.1) is 11.7 Å². The lowest BCUT2D eigenvalue weighted by molar-refractivity contribution is -0.135. The summed E-state index contributed by atoms with van der Waals surface area (Å²) in [6.45, 7) is 7.06. The van der Waals surface area contributed by atoms with E-state index < -0.39 is 0 Å². The van der Waals surface area contributed by atoms with Crippen LogP contribution >= 0.6 is 0 Å². The van der Waals surface area contributed by atoms with E-state index in [1.165, 1.54) is 12.0 Å². The smallest absolute Gasteiger partial charge is 0.224 e. The van der Waals surface area contributed by atoms with Gasteiger partial charge in [-0.15, -0.1) is 0 Å².